The van der Waals surface area contributed by atoms with E-state index in [1.54, 1.807) is 4.90 Å². The second kappa shape index (κ2) is 6.44. The molecule has 0 saturated carbocycles. The van der Waals surface area contributed by atoms with Gasteiger partial charge in [0.15, 0.2) is 0 Å². The van der Waals surface area contributed by atoms with Crippen LogP contribution < -0.4 is 0 Å². The molecule has 3 rings (SSSR count). The Morgan fingerprint density at radius 3 is 2.68 bits per heavy atom. The van der Waals surface area contributed by atoms with Crippen molar-refractivity contribution in [3.63, 3.8) is 0 Å². The van der Waals surface area contributed by atoms with E-state index in [1.807, 2.05) is 40.7 Å². The number of hydrogen-bond acceptors (Lipinski definition) is 6. The van der Waals surface area contributed by atoms with Crippen molar-refractivity contribution in [3.05, 3.63) is 17.5 Å². The molecule has 3 heterocycles. The van der Waals surface area contributed by atoms with Gasteiger partial charge >= 0.3 is 0 Å². The number of nitrogens with zero attached hydrogens (tertiary/aromatic N) is 3. The largest absolute Gasteiger partial charge is 0.391 e. The lowest BCUT2D eigenvalue weighted by Crippen LogP contribution is -2.44. The van der Waals surface area contributed by atoms with Crippen molar-refractivity contribution in [1.29, 1.82) is 0 Å². The number of aromatic nitrogens is 1. The fourth-order valence-electron chi connectivity index (χ4n) is 3.68. The minimum atomic E-state index is -0.551. The second-order valence-electron chi connectivity index (χ2n) is 8.10. The summed E-state index contributed by atoms with van der Waals surface area (Å²) in [5.41, 5.74) is 1.21. The molecule has 2 aliphatic heterocycles. The number of carbonyl (C=O) groups excluding carboxylic acids is 1. The Hall–Kier alpha value is -1.89. The van der Waals surface area contributed by atoms with Crippen LogP contribution in [-0.2, 0) is 9.63 Å². The number of aliphatic hydroxyl groups excluding tert-OH is 1. The average Bonchev–Trinajstić information content (AvgIpc) is 3.18. The molecule has 1 aromatic heterocycles. The van der Waals surface area contributed by atoms with Gasteiger partial charge in [-0.25, -0.2) is 0 Å². The minimum absolute atomic E-state index is 0.0523. The number of aliphatic hydroxyl groups is 1. The lowest BCUT2D eigenvalue weighted by molar-refractivity contribution is -0.134. The van der Waals surface area contributed by atoms with Crippen LogP contribution in [0.1, 0.15) is 57.9 Å². The van der Waals surface area contributed by atoms with Crippen LogP contribution in [0.4, 0.5) is 0 Å². The summed E-state index contributed by atoms with van der Waals surface area (Å²) in [5, 5.41) is 18.3. The Kier molecular flexibility index (Phi) is 4.62. The van der Waals surface area contributed by atoms with E-state index in [9.17, 15) is 9.90 Å². The fraction of sp³-hybridized carbons (Fsp3) is 0.722. The molecular formula is C18H27N3O4. The van der Waals surface area contributed by atoms with Crippen LogP contribution in [0.2, 0.25) is 0 Å². The van der Waals surface area contributed by atoms with Crippen LogP contribution in [0.3, 0.4) is 0 Å². The molecule has 1 N–H and O–H groups in total. The molecule has 1 unspecified atom stereocenters. The zero-order valence-corrected chi connectivity index (χ0v) is 15.5. The molecular weight excluding hydrogens is 322 g/mol. The molecule has 7 nitrogen and oxygen atoms in total. The first-order valence-corrected chi connectivity index (χ1v) is 8.84. The van der Waals surface area contributed by atoms with Gasteiger partial charge in [-0.15, -0.1) is 0 Å². The van der Waals surface area contributed by atoms with Crippen molar-refractivity contribution in [3.8, 4) is 0 Å². The van der Waals surface area contributed by atoms with Gasteiger partial charge in [0.1, 0.15) is 17.3 Å². The van der Waals surface area contributed by atoms with Crippen LogP contribution in [0.15, 0.2) is 15.7 Å². The lowest BCUT2D eigenvalue weighted by Gasteiger charge is -2.29. The van der Waals surface area contributed by atoms with Crippen LogP contribution in [0.5, 0.6) is 0 Å². The first kappa shape index (κ1) is 17.9. The maximum atomic E-state index is 13.3. The van der Waals surface area contributed by atoms with Gasteiger partial charge in [0, 0.05) is 25.5 Å². The maximum absolute atomic E-state index is 13.3. The summed E-state index contributed by atoms with van der Waals surface area (Å²) in [6, 6.07) is 1.58. The van der Waals surface area contributed by atoms with Crippen LogP contribution in [-0.4, -0.2) is 51.1 Å². The molecule has 1 amide bonds. The third-order valence-electron chi connectivity index (χ3n) is 4.85. The number of β-amino-alcohol motifs (C(OH)–C–C–N with tert-alkyl or cyclic N) is 1. The topological polar surface area (TPSA) is 88.2 Å². The van der Waals surface area contributed by atoms with Gasteiger partial charge in [-0.2, -0.15) is 0 Å². The highest BCUT2D eigenvalue weighted by Crippen LogP contribution is 2.34. The van der Waals surface area contributed by atoms with Gasteiger partial charge in [-0.1, -0.05) is 24.2 Å². The quantitative estimate of drug-likeness (QED) is 0.900. The van der Waals surface area contributed by atoms with Gasteiger partial charge in [-0.3, -0.25) is 4.79 Å². The van der Waals surface area contributed by atoms with Crippen molar-refractivity contribution in [2.45, 2.75) is 71.1 Å². The highest BCUT2D eigenvalue weighted by Gasteiger charge is 2.45. The first-order valence-electron chi connectivity index (χ1n) is 8.84. The zero-order chi connectivity index (χ0) is 18.4. The standard InChI is InChI=1S/C18H27N3O4/c1-10(2)16(15-6-11(3)19-24-15)17(23)21-9-12(22)7-14(21)13-8-18(4,5)25-20-13/h6,10,12,14,16,22H,7-9H2,1-5H3/t12-,14+,16?/m1/s1. The van der Waals surface area contributed by atoms with Gasteiger partial charge in [0.25, 0.3) is 0 Å². The highest BCUT2D eigenvalue weighted by atomic mass is 16.7. The summed E-state index contributed by atoms with van der Waals surface area (Å²) in [7, 11) is 0. The SMILES string of the molecule is Cc1cc(C(C(=O)N2C[C@H](O)C[C@H]2C2=NOC(C)(C)C2)C(C)C)on1. The molecule has 0 bridgehead atoms. The number of carbonyl (C=O) groups is 1. The minimum Gasteiger partial charge on any atom is -0.391 e. The van der Waals surface area contributed by atoms with E-state index in [0.29, 0.717) is 25.1 Å². The van der Waals surface area contributed by atoms with Crippen LogP contribution in [0, 0.1) is 12.8 Å². The molecule has 0 spiro atoms. The summed E-state index contributed by atoms with van der Waals surface area (Å²) in [6.45, 7) is 10.1. The fourth-order valence-corrected chi connectivity index (χ4v) is 3.68. The molecule has 0 aliphatic carbocycles. The Bertz CT molecular complexity index is 680. The summed E-state index contributed by atoms with van der Waals surface area (Å²) in [4.78, 5) is 20.5. The van der Waals surface area contributed by atoms with E-state index >= 15 is 0 Å². The van der Waals surface area contributed by atoms with E-state index in [1.165, 1.54) is 0 Å². The van der Waals surface area contributed by atoms with E-state index in [0.717, 1.165) is 11.4 Å². The Labute approximate surface area is 148 Å². The van der Waals surface area contributed by atoms with Crippen LogP contribution in [0.25, 0.3) is 0 Å². The molecule has 138 valence electrons. The molecule has 1 saturated heterocycles. The Morgan fingerprint density at radius 1 is 1.44 bits per heavy atom. The van der Waals surface area contributed by atoms with Gasteiger partial charge in [0.05, 0.1) is 23.6 Å². The summed E-state index contributed by atoms with van der Waals surface area (Å²) < 4.78 is 5.37. The predicted octanol–water partition coefficient (Wildman–Crippen LogP) is 2.24. The molecule has 3 atom stereocenters. The van der Waals surface area contributed by atoms with Gasteiger partial charge in [-0.05, 0) is 26.7 Å². The Morgan fingerprint density at radius 2 is 2.16 bits per heavy atom. The Balaban J connectivity index is 1.85. The van der Waals surface area contributed by atoms with Crippen LogP contribution >= 0.6 is 0 Å². The van der Waals surface area contributed by atoms with E-state index in [4.69, 9.17) is 9.36 Å². The molecule has 0 radical (unpaired) electrons. The smallest absolute Gasteiger partial charge is 0.234 e. The number of oxime groups is 1. The van der Waals surface area contributed by atoms with Gasteiger partial charge < -0.3 is 19.4 Å². The van der Waals surface area contributed by atoms with E-state index in [-0.39, 0.29) is 23.5 Å². The number of aryl methyl sites for hydroxylation is 1. The summed E-state index contributed by atoms with van der Waals surface area (Å²) in [5.74, 6) is 0.143. The van der Waals surface area contributed by atoms with E-state index < -0.39 is 12.0 Å². The summed E-state index contributed by atoms with van der Waals surface area (Å²) in [6.07, 6.45) is 0.594. The first-order chi connectivity index (χ1) is 11.7. The lowest BCUT2D eigenvalue weighted by atomic mass is 9.90. The molecule has 1 fully saturated rings. The number of likely N-dealkylation sites (tertiary alicyclic amines) is 1. The number of amides is 1. The third kappa shape index (κ3) is 3.56. The predicted molar refractivity (Wildman–Crippen MR) is 92.2 cm³/mol. The molecule has 7 heteroatoms. The number of rotatable bonds is 4. The van der Waals surface area contributed by atoms with Crippen molar-refractivity contribution < 1.29 is 19.3 Å². The van der Waals surface area contributed by atoms with Crippen molar-refractivity contribution in [2.75, 3.05) is 6.54 Å². The zero-order valence-electron chi connectivity index (χ0n) is 15.5. The van der Waals surface area contributed by atoms with Crippen molar-refractivity contribution in [1.82, 2.24) is 10.1 Å². The average molecular weight is 349 g/mol. The highest BCUT2D eigenvalue weighted by molar-refractivity contribution is 5.96. The number of hydrogen-bond donors (Lipinski definition) is 1. The maximum Gasteiger partial charge on any atom is 0.234 e. The molecule has 0 aromatic carbocycles. The van der Waals surface area contributed by atoms with Crippen molar-refractivity contribution in [2.24, 2.45) is 11.1 Å². The molecule has 2 aliphatic rings. The normalized spacial score (nSPS) is 26.7. The third-order valence-corrected chi connectivity index (χ3v) is 4.85. The second-order valence-corrected chi connectivity index (χ2v) is 8.10. The molecule has 25 heavy (non-hydrogen) atoms. The monoisotopic (exact) mass is 349 g/mol. The van der Waals surface area contributed by atoms with Crippen molar-refractivity contribution >= 4 is 11.6 Å². The molecule has 1 aromatic rings. The van der Waals surface area contributed by atoms with Gasteiger partial charge in [0.2, 0.25) is 5.91 Å². The van der Waals surface area contributed by atoms with E-state index in [2.05, 4.69) is 10.3 Å². The summed E-state index contributed by atoms with van der Waals surface area (Å²) >= 11 is 0.